The molecule has 0 aromatic carbocycles. The van der Waals surface area contributed by atoms with Crippen LogP contribution in [0, 0.1) is 6.92 Å². The number of carbonyl (C=O) groups is 1. The number of hydrogen-bond donors (Lipinski definition) is 2. The standard InChI is InChI=1S/C15H18N4O2/c1-10-8-14(19-21-10)18-15(20)13-9-12(6-7-16-13)17-11-4-2-3-5-11/h6-9,11H,2-5H2,1H3,(H,16,17)(H,18,19,20). The Morgan fingerprint density at radius 3 is 2.86 bits per heavy atom. The van der Waals surface area contributed by atoms with E-state index in [-0.39, 0.29) is 5.91 Å². The van der Waals surface area contributed by atoms with Gasteiger partial charge < -0.3 is 15.2 Å². The molecule has 2 aromatic heterocycles. The number of pyridine rings is 1. The summed E-state index contributed by atoms with van der Waals surface area (Å²) in [6, 6.07) is 5.82. The van der Waals surface area contributed by atoms with Crippen molar-refractivity contribution in [2.45, 2.75) is 38.6 Å². The smallest absolute Gasteiger partial charge is 0.275 e. The maximum atomic E-state index is 12.1. The van der Waals surface area contributed by atoms with Gasteiger partial charge in [-0.2, -0.15) is 0 Å². The summed E-state index contributed by atoms with van der Waals surface area (Å²) in [5.74, 6) is 0.752. The molecule has 1 fully saturated rings. The van der Waals surface area contributed by atoms with Gasteiger partial charge in [0, 0.05) is 24.0 Å². The van der Waals surface area contributed by atoms with Crippen LogP contribution in [0.4, 0.5) is 11.5 Å². The second kappa shape index (κ2) is 5.95. The summed E-state index contributed by atoms with van der Waals surface area (Å²) in [5.41, 5.74) is 1.29. The van der Waals surface area contributed by atoms with Gasteiger partial charge in [0.05, 0.1) is 0 Å². The summed E-state index contributed by atoms with van der Waals surface area (Å²) in [5, 5.41) is 9.85. The van der Waals surface area contributed by atoms with E-state index >= 15 is 0 Å². The minimum absolute atomic E-state index is 0.293. The van der Waals surface area contributed by atoms with Crippen molar-refractivity contribution in [3.8, 4) is 0 Å². The molecule has 2 N–H and O–H groups in total. The van der Waals surface area contributed by atoms with Gasteiger partial charge >= 0.3 is 0 Å². The average Bonchev–Trinajstić information content (AvgIpc) is 3.11. The molecule has 0 radical (unpaired) electrons. The number of aromatic nitrogens is 2. The predicted octanol–water partition coefficient (Wildman–Crippen LogP) is 2.98. The molecule has 0 unspecified atom stereocenters. The van der Waals surface area contributed by atoms with E-state index in [1.165, 1.54) is 25.7 Å². The van der Waals surface area contributed by atoms with Crippen molar-refractivity contribution < 1.29 is 9.32 Å². The molecule has 3 rings (SSSR count). The van der Waals surface area contributed by atoms with Gasteiger partial charge in [-0.15, -0.1) is 0 Å². The van der Waals surface area contributed by atoms with Gasteiger partial charge in [-0.25, -0.2) is 0 Å². The fourth-order valence-corrected chi connectivity index (χ4v) is 2.56. The lowest BCUT2D eigenvalue weighted by molar-refractivity contribution is 0.102. The highest BCUT2D eigenvalue weighted by atomic mass is 16.5. The highest BCUT2D eigenvalue weighted by Crippen LogP contribution is 2.22. The summed E-state index contributed by atoms with van der Waals surface area (Å²) in [4.78, 5) is 16.2. The van der Waals surface area contributed by atoms with Gasteiger partial charge in [-0.05, 0) is 31.9 Å². The van der Waals surface area contributed by atoms with Gasteiger partial charge in [0.2, 0.25) is 0 Å². The molecule has 6 heteroatoms. The van der Waals surface area contributed by atoms with Crippen molar-refractivity contribution >= 4 is 17.4 Å². The van der Waals surface area contributed by atoms with Crippen LogP contribution in [-0.2, 0) is 0 Å². The highest BCUT2D eigenvalue weighted by molar-refractivity contribution is 6.02. The van der Waals surface area contributed by atoms with Crippen LogP contribution in [-0.4, -0.2) is 22.1 Å². The van der Waals surface area contributed by atoms with Gasteiger partial charge in [-0.1, -0.05) is 18.0 Å². The normalized spacial score (nSPS) is 15.1. The van der Waals surface area contributed by atoms with E-state index in [1.807, 2.05) is 6.07 Å². The maximum Gasteiger partial charge on any atom is 0.275 e. The van der Waals surface area contributed by atoms with Crippen LogP contribution in [0.2, 0.25) is 0 Å². The molecule has 6 nitrogen and oxygen atoms in total. The molecule has 0 saturated heterocycles. The molecule has 21 heavy (non-hydrogen) atoms. The molecule has 1 saturated carbocycles. The molecular weight excluding hydrogens is 268 g/mol. The molecule has 2 heterocycles. The summed E-state index contributed by atoms with van der Waals surface area (Å²) in [6.07, 6.45) is 6.54. The van der Waals surface area contributed by atoms with E-state index in [0.29, 0.717) is 23.3 Å². The Kier molecular flexibility index (Phi) is 3.85. The van der Waals surface area contributed by atoms with Crippen LogP contribution in [0.15, 0.2) is 28.9 Å². The molecule has 2 aromatic rings. The Balaban J connectivity index is 1.68. The molecular formula is C15H18N4O2. The lowest BCUT2D eigenvalue weighted by atomic mass is 10.2. The van der Waals surface area contributed by atoms with Gasteiger partial charge in [0.1, 0.15) is 11.5 Å². The number of carbonyl (C=O) groups excluding carboxylic acids is 1. The van der Waals surface area contributed by atoms with Gasteiger partial charge in [-0.3, -0.25) is 9.78 Å². The van der Waals surface area contributed by atoms with Crippen molar-refractivity contribution in [3.63, 3.8) is 0 Å². The second-order valence-electron chi connectivity index (χ2n) is 5.33. The summed E-state index contributed by atoms with van der Waals surface area (Å²) in [7, 11) is 0. The number of nitrogens with one attached hydrogen (secondary N) is 2. The third-order valence-electron chi connectivity index (χ3n) is 3.59. The lowest BCUT2D eigenvalue weighted by Gasteiger charge is -2.13. The van der Waals surface area contributed by atoms with Crippen LogP contribution in [0.5, 0.6) is 0 Å². The summed E-state index contributed by atoms with van der Waals surface area (Å²) in [6.45, 7) is 1.77. The molecule has 110 valence electrons. The molecule has 1 aliphatic rings. The molecule has 1 amide bonds. The first-order chi connectivity index (χ1) is 10.2. The predicted molar refractivity (Wildman–Crippen MR) is 79.3 cm³/mol. The van der Waals surface area contributed by atoms with Crippen molar-refractivity contribution in [2.75, 3.05) is 10.6 Å². The average molecular weight is 286 g/mol. The van der Waals surface area contributed by atoms with Crippen molar-refractivity contribution in [1.82, 2.24) is 10.1 Å². The van der Waals surface area contributed by atoms with Crippen LogP contribution in [0.3, 0.4) is 0 Å². The van der Waals surface area contributed by atoms with Gasteiger partial charge in [0.15, 0.2) is 5.82 Å². The van der Waals surface area contributed by atoms with Crippen molar-refractivity contribution in [3.05, 3.63) is 35.9 Å². The van der Waals surface area contributed by atoms with E-state index in [9.17, 15) is 4.79 Å². The Morgan fingerprint density at radius 1 is 1.33 bits per heavy atom. The van der Waals surface area contributed by atoms with E-state index in [1.54, 1.807) is 25.3 Å². The number of aryl methyl sites for hydroxylation is 1. The van der Waals surface area contributed by atoms with E-state index in [4.69, 9.17) is 4.52 Å². The summed E-state index contributed by atoms with van der Waals surface area (Å²) < 4.78 is 4.92. The van der Waals surface area contributed by atoms with E-state index in [0.717, 1.165) is 5.69 Å². The van der Waals surface area contributed by atoms with Crippen LogP contribution < -0.4 is 10.6 Å². The zero-order chi connectivity index (χ0) is 14.7. The first kappa shape index (κ1) is 13.6. The number of anilines is 2. The number of amides is 1. The highest BCUT2D eigenvalue weighted by Gasteiger charge is 2.16. The SMILES string of the molecule is Cc1cc(NC(=O)c2cc(NC3CCCC3)ccn2)no1. The third-order valence-corrected chi connectivity index (χ3v) is 3.59. The Labute approximate surface area is 122 Å². The second-order valence-corrected chi connectivity index (χ2v) is 5.33. The van der Waals surface area contributed by atoms with E-state index in [2.05, 4.69) is 20.8 Å². The van der Waals surface area contributed by atoms with Gasteiger partial charge in [0.25, 0.3) is 5.91 Å². The minimum Gasteiger partial charge on any atom is -0.382 e. The van der Waals surface area contributed by atoms with Crippen molar-refractivity contribution in [2.24, 2.45) is 0 Å². The van der Waals surface area contributed by atoms with Crippen LogP contribution in [0.25, 0.3) is 0 Å². The molecule has 0 bridgehead atoms. The Morgan fingerprint density at radius 2 is 2.14 bits per heavy atom. The van der Waals surface area contributed by atoms with Crippen LogP contribution >= 0.6 is 0 Å². The lowest BCUT2D eigenvalue weighted by Crippen LogP contribution is -2.17. The fraction of sp³-hybridized carbons (Fsp3) is 0.400. The summed E-state index contributed by atoms with van der Waals surface area (Å²) >= 11 is 0. The largest absolute Gasteiger partial charge is 0.382 e. The van der Waals surface area contributed by atoms with Crippen molar-refractivity contribution in [1.29, 1.82) is 0 Å². The number of rotatable bonds is 4. The van der Waals surface area contributed by atoms with Crippen LogP contribution in [0.1, 0.15) is 41.9 Å². The monoisotopic (exact) mass is 286 g/mol. The Bertz CT molecular complexity index is 632. The zero-order valence-electron chi connectivity index (χ0n) is 11.9. The first-order valence-corrected chi connectivity index (χ1v) is 7.18. The van der Waals surface area contributed by atoms with E-state index < -0.39 is 0 Å². The quantitative estimate of drug-likeness (QED) is 0.903. The third kappa shape index (κ3) is 3.39. The number of nitrogens with zero attached hydrogens (tertiary/aromatic N) is 2. The molecule has 1 aliphatic carbocycles. The molecule has 0 atom stereocenters. The maximum absolute atomic E-state index is 12.1. The first-order valence-electron chi connectivity index (χ1n) is 7.18. The zero-order valence-corrected chi connectivity index (χ0v) is 11.9. The fourth-order valence-electron chi connectivity index (χ4n) is 2.56. The number of hydrogen-bond acceptors (Lipinski definition) is 5. The minimum atomic E-state index is -0.293. The topological polar surface area (TPSA) is 80.0 Å². The molecule has 0 aliphatic heterocycles. The Hall–Kier alpha value is -2.37. The molecule has 0 spiro atoms.